The third-order valence-electron chi connectivity index (χ3n) is 3.82. The number of non-ortho nitro benzene ring substituents is 1. The number of nitriles is 1. The van der Waals surface area contributed by atoms with E-state index in [9.17, 15) is 15.4 Å². The molecule has 0 aliphatic carbocycles. The number of aryl methyl sites for hydroxylation is 1. The summed E-state index contributed by atoms with van der Waals surface area (Å²) < 4.78 is 5.38. The van der Waals surface area contributed by atoms with E-state index >= 15 is 0 Å². The standard InChI is InChI=1S/C18H18N2O3/c1-3-13-6-9-18(23-2)17(11-13)15(12-19)10-14-4-7-16(8-5-14)20(21)22/h4-9,11,15H,3,10H2,1-2H3. The average Bonchev–Trinajstić information content (AvgIpc) is 2.59. The number of nitrogens with zero attached hydrogens (tertiary/aromatic N) is 2. The molecule has 0 aliphatic rings. The number of rotatable bonds is 6. The third kappa shape index (κ3) is 3.86. The van der Waals surface area contributed by atoms with Crippen molar-refractivity contribution in [1.29, 1.82) is 5.26 Å². The molecule has 118 valence electrons. The highest BCUT2D eigenvalue weighted by molar-refractivity contribution is 5.44. The summed E-state index contributed by atoms with van der Waals surface area (Å²) in [6.07, 6.45) is 1.37. The molecule has 2 aromatic carbocycles. The molecule has 0 aliphatic heterocycles. The molecule has 2 rings (SSSR count). The summed E-state index contributed by atoms with van der Waals surface area (Å²) in [5.74, 6) is 0.327. The van der Waals surface area contributed by atoms with Gasteiger partial charge in [-0.3, -0.25) is 10.1 Å². The van der Waals surface area contributed by atoms with Gasteiger partial charge in [-0.2, -0.15) is 5.26 Å². The molecule has 0 aromatic heterocycles. The van der Waals surface area contributed by atoms with Gasteiger partial charge in [0, 0.05) is 17.7 Å². The van der Waals surface area contributed by atoms with Gasteiger partial charge in [0.2, 0.25) is 0 Å². The first kappa shape index (κ1) is 16.5. The molecule has 0 saturated carbocycles. The molecule has 0 fully saturated rings. The molecule has 0 radical (unpaired) electrons. The van der Waals surface area contributed by atoms with Gasteiger partial charge in [0.15, 0.2) is 0 Å². The Bertz CT molecular complexity index is 733. The van der Waals surface area contributed by atoms with Crippen LogP contribution in [0.1, 0.15) is 29.5 Å². The second-order valence-electron chi connectivity index (χ2n) is 5.24. The van der Waals surface area contributed by atoms with E-state index in [1.54, 1.807) is 19.2 Å². The fraction of sp³-hybridized carbons (Fsp3) is 0.278. The lowest BCUT2D eigenvalue weighted by Crippen LogP contribution is -2.04. The number of methoxy groups -OCH3 is 1. The van der Waals surface area contributed by atoms with Gasteiger partial charge in [0.1, 0.15) is 5.75 Å². The molecule has 5 nitrogen and oxygen atoms in total. The minimum Gasteiger partial charge on any atom is -0.496 e. The van der Waals surface area contributed by atoms with Gasteiger partial charge in [0.25, 0.3) is 5.69 Å². The largest absolute Gasteiger partial charge is 0.496 e. The number of nitro benzene ring substituents is 1. The molecule has 0 N–H and O–H groups in total. The number of nitro groups is 1. The first-order valence-electron chi connectivity index (χ1n) is 7.38. The molecular weight excluding hydrogens is 292 g/mol. The van der Waals surface area contributed by atoms with Crippen LogP contribution in [0, 0.1) is 21.4 Å². The van der Waals surface area contributed by atoms with Crippen molar-refractivity contribution in [2.24, 2.45) is 0 Å². The Balaban J connectivity index is 2.29. The Morgan fingerprint density at radius 1 is 1.22 bits per heavy atom. The maximum Gasteiger partial charge on any atom is 0.269 e. The Hall–Kier alpha value is -2.87. The number of benzene rings is 2. The van der Waals surface area contributed by atoms with Gasteiger partial charge in [-0.1, -0.05) is 31.2 Å². The van der Waals surface area contributed by atoms with E-state index in [1.165, 1.54) is 12.1 Å². The summed E-state index contributed by atoms with van der Waals surface area (Å²) in [4.78, 5) is 10.3. The van der Waals surface area contributed by atoms with E-state index in [1.807, 2.05) is 18.2 Å². The minimum atomic E-state index is -0.431. The first-order valence-corrected chi connectivity index (χ1v) is 7.38. The summed E-state index contributed by atoms with van der Waals surface area (Å²) in [5.41, 5.74) is 2.93. The Morgan fingerprint density at radius 2 is 1.87 bits per heavy atom. The predicted molar refractivity (Wildman–Crippen MR) is 87.5 cm³/mol. The maximum absolute atomic E-state index is 10.7. The summed E-state index contributed by atoms with van der Waals surface area (Å²) in [6.45, 7) is 2.06. The zero-order valence-corrected chi connectivity index (χ0v) is 13.2. The van der Waals surface area contributed by atoms with Crippen LogP contribution < -0.4 is 4.74 Å². The van der Waals surface area contributed by atoms with Gasteiger partial charge in [-0.05, 0) is 30.0 Å². The van der Waals surface area contributed by atoms with E-state index in [4.69, 9.17) is 4.74 Å². The third-order valence-corrected chi connectivity index (χ3v) is 3.82. The lowest BCUT2D eigenvalue weighted by molar-refractivity contribution is -0.384. The Morgan fingerprint density at radius 3 is 2.39 bits per heavy atom. The van der Waals surface area contributed by atoms with Crippen molar-refractivity contribution in [3.8, 4) is 11.8 Å². The van der Waals surface area contributed by atoms with E-state index in [0.29, 0.717) is 12.2 Å². The molecule has 5 heteroatoms. The maximum atomic E-state index is 10.7. The van der Waals surface area contributed by atoms with Crippen LogP contribution in [0.15, 0.2) is 42.5 Å². The molecule has 0 amide bonds. The summed E-state index contributed by atoms with van der Waals surface area (Å²) in [7, 11) is 1.59. The molecule has 2 aromatic rings. The van der Waals surface area contributed by atoms with Crippen LogP contribution in [0.3, 0.4) is 0 Å². The Kier molecular flexibility index (Phi) is 5.32. The van der Waals surface area contributed by atoms with Crippen LogP contribution in [0.5, 0.6) is 5.75 Å². The fourth-order valence-electron chi connectivity index (χ4n) is 2.49. The zero-order chi connectivity index (χ0) is 16.8. The van der Waals surface area contributed by atoms with Crippen molar-refractivity contribution in [2.45, 2.75) is 25.7 Å². The highest BCUT2D eigenvalue weighted by atomic mass is 16.6. The normalized spacial score (nSPS) is 11.5. The SMILES string of the molecule is CCc1ccc(OC)c(C(C#N)Cc2ccc([N+](=O)[O-])cc2)c1. The number of hydrogen-bond donors (Lipinski definition) is 0. The smallest absolute Gasteiger partial charge is 0.269 e. The monoisotopic (exact) mass is 310 g/mol. The van der Waals surface area contributed by atoms with Crippen LogP contribution in [0.2, 0.25) is 0 Å². The first-order chi connectivity index (χ1) is 11.1. The highest BCUT2D eigenvalue weighted by Gasteiger charge is 2.17. The number of hydrogen-bond acceptors (Lipinski definition) is 4. The van der Waals surface area contributed by atoms with Crippen LogP contribution in [-0.2, 0) is 12.8 Å². The van der Waals surface area contributed by atoms with Crippen molar-refractivity contribution in [1.82, 2.24) is 0 Å². The quantitative estimate of drug-likeness (QED) is 0.596. The van der Waals surface area contributed by atoms with Crippen molar-refractivity contribution in [2.75, 3.05) is 7.11 Å². The highest BCUT2D eigenvalue weighted by Crippen LogP contribution is 2.30. The minimum absolute atomic E-state index is 0.0489. The molecule has 1 atom stereocenters. The predicted octanol–water partition coefficient (Wildman–Crippen LogP) is 4.02. The Labute approximate surface area is 135 Å². The molecule has 0 heterocycles. The topological polar surface area (TPSA) is 76.2 Å². The summed E-state index contributed by atoms with van der Waals surface area (Å²) >= 11 is 0. The van der Waals surface area contributed by atoms with Crippen LogP contribution >= 0.6 is 0 Å². The van der Waals surface area contributed by atoms with Gasteiger partial charge < -0.3 is 4.74 Å². The molecule has 1 unspecified atom stereocenters. The second kappa shape index (κ2) is 7.41. The van der Waals surface area contributed by atoms with E-state index in [0.717, 1.165) is 23.1 Å². The van der Waals surface area contributed by atoms with E-state index in [-0.39, 0.29) is 11.6 Å². The summed E-state index contributed by atoms with van der Waals surface area (Å²) in [5, 5.41) is 20.3. The molecule has 0 spiro atoms. The van der Waals surface area contributed by atoms with Crippen molar-refractivity contribution >= 4 is 5.69 Å². The molecular formula is C18H18N2O3. The van der Waals surface area contributed by atoms with Crippen molar-refractivity contribution in [3.63, 3.8) is 0 Å². The van der Waals surface area contributed by atoms with Gasteiger partial charge in [-0.15, -0.1) is 0 Å². The number of ether oxygens (including phenoxy) is 1. The van der Waals surface area contributed by atoms with E-state index in [2.05, 4.69) is 13.0 Å². The van der Waals surface area contributed by atoms with Crippen molar-refractivity contribution in [3.05, 3.63) is 69.3 Å². The van der Waals surface area contributed by atoms with Gasteiger partial charge in [0.05, 0.1) is 24.0 Å². The lowest BCUT2D eigenvalue weighted by atomic mass is 9.91. The van der Waals surface area contributed by atoms with Crippen LogP contribution in [-0.4, -0.2) is 12.0 Å². The average molecular weight is 310 g/mol. The molecule has 0 bridgehead atoms. The van der Waals surface area contributed by atoms with Gasteiger partial charge >= 0.3 is 0 Å². The molecule has 0 saturated heterocycles. The lowest BCUT2D eigenvalue weighted by Gasteiger charge is -2.15. The van der Waals surface area contributed by atoms with E-state index < -0.39 is 4.92 Å². The van der Waals surface area contributed by atoms with Crippen LogP contribution in [0.25, 0.3) is 0 Å². The van der Waals surface area contributed by atoms with Crippen molar-refractivity contribution < 1.29 is 9.66 Å². The zero-order valence-electron chi connectivity index (χ0n) is 13.2. The van der Waals surface area contributed by atoms with Crippen LogP contribution in [0.4, 0.5) is 5.69 Å². The van der Waals surface area contributed by atoms with Gasteiger partial charge in [-0.25, -0.2) is 0 Å². The fourth-order valence-corrected chi connectivity index (χ4v) is 2.49. The second-order valence-corrected chi connectivity index (χ2v) is 5.24. The summed E-state index contributed by atoms with van der Waals surface area (Å²) in [6, 6.07) is 14.5. The molecule has 23 heavy (non-hydrogen) atoms.